The van der Waals surface area contributed by atoms with E-state index in [1.165, 1.54) is 12.8 Å². The molecule has 1 aliphatic rings. The molecule has 0 atom stereocenters. The van der Waals surface area contributed by atoms with Crippen molar-refractivity contribution in [2.45, 2.75) is 19.4 Å². The van der Waals surface area contributed by atoms with Crippen LogP contribution in [0, 0.1) is 5.92 Å². The number of carbonyl (C=O) groups is 1. The number of hydrogen-bond donors (Lipinski definition) is 2. The van der Waals surface area contributed by atoms with Gasteiger partial charge in [0.25, 0.3) is 0 Å². The number of ether oxygens (including phenoxy) is 2. The number of furan rings is 1. The molecule has 0 amide bonds. The zero-order valence-electron chi connectivity index (χ0n) is 15.1. The number of rotatable bonds is 7. The Morgan fingerprint density at radius 1 is 1.14 bits per heavy atom. The van der Waals surface area contributed by atoms with E-state index in [9.17, 15) is 9.90 Å². The molecule has 28 heavy (non-hydrogen) atoms. The predicted octanol–water partition coefficient (Wildman–Crippen LogP) is 4.98. The van der Waals surface area contributed by atoms with Crippen molar-refractivity contribution >= 4 is 27.8 Å². The van der Waals surface area contributed by atoms with Crippen LogP contribution < -0.4 is 9.47 Å². The lowest BCUT2D eigenvalue weighted by Crippen LogP contribution is -1.98. The van der Waals surface area contributed by atoms with Crippen LogP contribution in [0.1, 0.15) is 28.9 Å². The Balaban J connectivity index is 1.35. The van der Waals surface area contributed by atoms with E-state index in [4.69, 9.17) is 13.9 Å². The Bertz CT molecular complexity index is 1170. The number of hydrogen-bond acceptors (Lipinski definition) is 4. The highest BCUT2D eigenvalue weighted by Gasteiger charge is 2.22. The summed E-state index contributed by atoms with van der Waals surface area (Å²) in [6.45, 7) is 1.09. The van der Waals surface area contributed by atoms with Gasteiger partial charge in [-0.3, -0.25) is 0 Å². The highest BCUT2D eigenvalue weighted by atomic mass is 16.5. The minimum Gasteiger partial charge on any atom is -0.493 e. The summed E-state index contributed by atoms with van der Waals surface area (Å²) in [6.07, 6.45) is 4.20. The molecule has 2 N–H and O–H groups in total. The second kappa shape index (κ2) is 6.64. The zero-order valence-corrected chi connectivity index (χ0v) is 15.1. The third-order valence-corrected chi connectivity index (χ3v) is 5.05. The van der Waals surface area contributed by atoms with Crippen LogP contribution in [0.3, 0.4) is 0 Å². The maximum Gasteiger partial charge on any atom is 0.352 e. The van der Waals surface area contributed by atoms with Crippen LogP contribution in [0.25, 0.3) is 21.9 Å². The Kier molecular flexibility index (Phi) is 3.97. The molecule has 5 rings (SSSR count). The number of carboxylic acid groups (broad SMARTS) is 1. The number of benzene rings is 2. The summed E-state index contributed by atoms with van der Waals surface area (Å²) in [5, 5.41) is 10.9. The van der Waals surface area contributed by atoms with Crippen LogP contribution in [-0.2, 0) is 6.61 Å². The van der Waals surface area contributed by atoms with Crippen molar-refractivity contribution in [1.82, 2.24) is 4.98 Å². The van der Waals surface area contributed by atoms with Crippen molar-refractivity contribution in [2.24, 2.45) is 5.92 Å². The van der Waals surface area contributed by atoms with Crippen LogP contribution >= 0.6 is 0 Å². The van der Waals surface area contributed by atoms with Gasteiger partial charge in [0, 0.05) is 27.9 Å². The molecule has 0 aliphatic heterocycles. The quantitative estimate of drug-likeness (QED) is 0.474. The fraction of sp³-hybridized carbons (Fsp3) is 0.227. The lowest BCUT2D eigenvalue weighted by molar-refractivity contribution is 0.0691. The summed E-state index contributed by atoms with van der Waals surface area (Å²) in [5.41, 5.74) is 2.55. The van der Waals surface area contributed by atoms with Crippen LogP contribution in [0.2, 0.25) is 0 Å². The van der Waals surface area contributed by atoms with Crippen molar-refractivity contribution in [3.8, 4) is 11.5 Å². The first-order chi connectivity index (χ1) is 13.7. The van der Waals surface area contributed by atoms with E-state index < -0.39 is 5.97 Å². The van der Waals surface area contributed by atoms with Gasteiger partial charge >= 0.3 is 5.97 Å². The number of H-pyrrole nitrogens is 1. The fourth-order valence-electron chi connectivity index (χ4n) is 3.29. The van der Waals surface area contributed by atoms with E-state index >= 15 is 0 Å². The molecule has 0 bridgehead atoms. The standard InChI is InChI=1S/C22H19NO5/c24-22(25)19-9-17-18(23-19)2-1-3-20(17)27-11-14-12-28-21-8-15(6-7-16(14)21)26-10-13-4-5-13/h1-3,6-9,12-13,23H,4-5,10-11H2,(H,24,25). The average Bonchev–Trinajstić information content (AvgIpc) is 3.27. The van der Waals surface area contributed by atoms with E-state index in [1.807, 2.05) is 36.4 Å². The van der Waals surface area contributed by atoms with E-state index in [0.717, 1.165) is 39.8 Å². The van der Waals surface area contributed by atoms with Gasteiger partial charge in [0.15, 0.2) is 0 Å². The van der Waals surface area contributed by atoms with Gasteiger partial charge < -0.3 is 24.0 Å². The molecule has 6 heteroatoms. The van der Waals surface area contributed by atoms with Crippen LogP contribution in [0.5, 0.6) is 11.5 Å². The summed E-state index contributed by atoms with van der Waals surface area (Å²) >= 11 is 0. The number of aromatic carboxylic acids is 1. The maximum atomic E-state index is 11.2. The predicted molar refractivity (Wildman–Crippen MR) is 104 cm³/mol. The third-order valence-electron chi connectivity index (χ3n) is 5.05. The van der Waals surface area contributed by atoms with Gasteiger partial charge in [-0.05, 0) is 49.1 Å². The van der Waals surface area contributed by atoms with Gasteiger partial charge in [0.05, 0.1) is 12.9 Å². The van der Waals surface area contributed by atoms with Gasteiger partial charge in [0.1, 0.15) is 29.4 Å². The number of nitrogens with one attached hydrogen (secondary N) is 1. The fourth-order valence-corrected chi connectivity index (χ4v) is 3.29. The van der Waals surface area contributed by atoms with Gasteiger partial charge in [-0.25, -0.2) is 4.79 Å². The zero-order chi connectivity index (χ0) is 19.1. The van der Waals surface area contributed by atoms with Gasteiger partial charge in [-0.2, -0.15) is 0 Å². The second-order valence-corrected chi connectivity index (χ2v) is 7.17. The van der Waals surface area contributed by atoms with Crippen molar-refractivity contribution < 1.29 is 23.8 Å². The Morgan fingerprint density at radius 3 is 2.86 bits per heavy atom. The molecule has 1 fully saturated rings. The van der Waals surface area contributed by atoms with E-state index in [0.29, 0.717) is 18.3 Å². The van der Waals surface area contributed by atoms with Gasteiger partial charge in [-0.1, -0.05) is 6.07 Å². The SMILES string of the molecule is O=C(O)c1cc2c(OCc3coc4cc(OCC5CC5)ccc34)cccc2[nH]1. The highest BCUT2D eigenvalue weighted by molar-refractivity contribution is 5.96. The lowest BCUT2D eigenvalue weighted by Gasteiger charge is -2.07. The highest BCUT2D eigenvalue weighted by Crippen LogP contribution is 2.32. The summed E-state index contributed by atoms with van der Waals surface area (Å²) in [6, 6.07) is 12.9. The Labute approximate surface area is 160 Å². The van der Waals surface area contributed by atoms with Gasteiger partial charge in [-0.15, -0.1) is 0 Å². The van der Waals surface area contributed by atoms with Crippen molar-refractivity contribution in [2.75, 3.05) is 6.61 Å². The normalized spacial score (nSPS) is 13.9. The maximum absolute atomic E-state index is 11.2. The molecular formula is C22H19NO5. The molecule has 1 saturated carbocycles. The molecule has 0 saturated heterocycles. The molecule has 2 aromatic heterocycles. The third kappa shape index (κ3) is 3.17. The minimum absolute atomic E-state index is 0.138. The molecule has 6 nitrogen and oxygen atoms in total. The lowest BCUT2D eigenvalue weighted by atomic mass is 10.2. The van der Waals surface area contributed by atoms with Crippen LogP contribution in [0.4, 0.5) is 0 Å². The summed E-state index contributed by atoms with van der Waals surface area (Å²) in [5.74, 6) is 1.15. The van der Waals surface area contributed by atoms with Crippen molar-refractivity contribution in [1.29, 1.82) is 0 Å². The molecular weight excluding hydrogens is 358 g/mol. The number of aromatic nitrogens is 1. The van der Waals surface area contributed by atoms with Crippen molar-refractivity contribution in [3.05, 3.63) is 60.0 Å². The monoisotopic (exact) mass is 377 g/mol. The topological polar surface area (TPSA) is 84.7 Å². The molecule has 0 unspecified atom stereocenters. The molecule has 4 aromatic rings. The van der Waals surface area contributed by atoms with Gasteiger partial charge in [0.2, 0.25) is 0 Å². The Morgan fingerprint density at radius 2 is 2.04 bits per heavy atom. The van der Waals surface area contributed by atoms with Crippen molar-refractivity contribution in [3.63, 3.8) is 0 Å². The summed E-state index contributed by atoms with van der Waals surface area (Å²) in [7, 11) is 0. The first kappa shape index (κ1) is 16.7. The number of fused-ring (bicyclic) bond motifs is 2. The summed E-state index contributed by atoms with van der Waals surface area (Å²) in [4.78, 5) is 14.1. The number of carboxylic acids is 1. The largest absolute Gasteiger partial charge is 0.493 e. The van der Waals surface area contributed by atoms with E-state index in [2.05, 4.69) is 4.98 Å². The average molecular weight is 377 g/mol. The van der Waals surface area contributed by atoms with Crippen LogP contribution in [0.15, 0.2) is 53.1 Å². The Hall–Kier alpha value is -3.41. The second-order valence-electron chi connectivity index (χ2n) is 7.17. The molecule has 0 radical (unpaired) electrons. The molecule has 2 aromatic carbocycles. The summed E-state index contributed by atoms with van der Waals surface area (Å²) < 4.78 is 17.5. The smallest absolute Gasteiger partial charge is 0.352 e. The first-order valence-corrected chi connectivity index (χ1v) is 9.28. The molecule has 142 valence electrons. The number of aromatic amines is 1. The van der Waals surface area contributed by atoms with E-state index in [1.54, 1.807) is 12.3 Å². The van der Waals surface area contributed by atoms with Crippen LogP contribution in [-0.4, -0.2) is 22.7 Å². The molecule has 1 aliphatic carbocycles. The first-order valence-electron chi connectivity index (χ1n) is 9.28. The molecule has 0 spiro atoms. The minimum atomic E-state index is -0.998. The van der Waals surface area contributed by atoms with E-state index in [-0.39, 0.29) is 5.69 Å². The molecule has 2 heterocycles.